The highest BCUT2D eigenvalue weighted by molar-refractivity contribution is 7.99. The Morgan fingerprint density at radius 1 is 1.30 bits per heavy atom. The summed E-state index contributed by atoms with van der Waals surface area (Å²) in [4.78, 5) is 16.1. The first-order valence-electron chi connectivity index (χ1n) is 6.70. The number of ether oxygens (including phenoxy) is 1. The smallest absolute Gasteiger partial charge is 0.232 e. The van der Waals surface area contributed by atoms with Crippen molar-refractivity contribution in [2.24, 2.45) is 0 Å². The van der Waals surface area contributed by atoms with Crippen molar-refractivity contribution in [1.82, 2.24) is 9.80 Å². The van der Waals surface area contributed by atoms with Crippen molar-refractivity contribution in [3.8, 4) is 0 Å². The Hall–Kier alpha value is -0.310. The van der Waals surface area contributed by atoms with Gasteiger partial charge in [0.05, 0.1) is 29.9 Å². The maximum Gasteiger partial charge on any atom is 0.232 e. The monoisotopic (exact) mass is 322 g/mol. The molecule has 0 spiro atoms. The first-order chi connectivity index (χ1) is 9.48. The molecule has 116 valence electrons. The third-order valence-corrected chi connectivity index (χ3v) is 6.20. The Morgan fingerprint density at radius 3 is 2.65 bits per heavy atom. The van der Waals surface area contributed by atoms with Crippen LogP contribution >= 0.6 is 11.8 Å². The summed E-state index contributed by atoms with van der Waals surface area (Å²) in [5.74, 6) is 0.725. The number of hydrogen-bond donors (Lipinski definition) is 0. The molecular formula is C12H22N2O4S2. The number of fused-ring (bicyclic) bond motifs is 1. The highest BCUT2D eigenvalue weighted by Crippen LogP contribution is 2.27. The van der Waals surface area contributed by atoms with Crippen LogP contribution in [0.4, 0.5) is 0 Å². The van der Waals surface area contributed by atoms with Crippen molar-refractivity contribution in [3.05, 3.63) is 0 Å². The van der Waals surface area contributed by atoms with Crippen LogP contribution in [0.2, 0.25) is 0 Å². The summed E-state index contributed by atoms with van der Waals surface area (Å²) >= 11 is 1.48. The molecule has 2 rings (SSSR count). The molecule has 0 aromatic heterocycles. The van der Waals surface area contributed by atoms with Gasteiger partial charge in [-0.3, -0.25) is 9.69 Å². The number of hydrogen-bond acceptors (Lipinski definition) is 6. The Bertz CT molecular complexity index is 454. The fraction of sp³-hybridized carbons (Fsp3) is 0.917. The molecule has 0 saturated carbocycles. The Kier molecular flexibility index (Phi) is 5.33. The zero-order valence-electron chi connectivity index (χ0n) is 11.9. The summed E-state index contributed by atoms with van der Waals surface area (Å²) in [5.41, 5.74) is 0. The van der Waals surface area contributed by atoms with Crippen LogP contribution in [-0.4, -0.2) is 93.1 Å². The van der Waals surface area contributed by atoms with E-state index in [0.717, 1.165) is 13.1 Å². The molecule has 0 aromatic carbocycles. The van der Waals surface area contributed by atoms with Crippen LogP contribution in [0.1, 0.15) is 0 Å². The van der Waals surface area contributed by atoms with Crippen LogP contribution in [0.5, 0.6) is 0 Å². The van der Waals surface area contributed by atoms with Gasteiger partial charge in [0, 0.05) is 32.8 Å². The molecule has 0 unspecified atom stereocenters. The van der Waals surface area contributed by atoms with Crippen LogP contribution in [0.15, 0.2) is 0 Å². The van der Waals surface area contributed by atoms with Gasteiger partial charge < -0.3 is 9.64 Å². The molecule has 6 nitrogen and oxygen atoms in total. The van der Waals surface area contributed by atoms with E-state index in [1.807, 2.05) is 6.26 Å². The summed E-state index contributed by atoms with van der Waals surface area (Å²) < 4.78 is 29.0. The molecule has 2 atom stereocenters. The average molecular weight is 322 g/mol. The fourth-order valence-electron chi connectivity index (χ4n) is 3.03. The number of amides is 1. The van der Waals surface area contributed by atoms with Gasteiger partial charge in [-0.05, 0) is 6.26 Å². The molecule has 2 saturated heterocycles. The van der Waals surface area contributed by atoms with E-state index >= 15 is 0 Å². The van der Waals surface area contributed by atoms with E-state index in [0.29, 0.717) is 18.9 Å². The van der Waals surface area contributed by atoms with Gasteiger partial charge in [-0.15, -0.1) is 0 Å². The molecule has 0 aliphatic carbocycles. The first kappa shape index (κ1) is 16.1. The van der Waals surface area contributed by atoms with Crippen molar-refractivity contribution in [2.45, 2.75) is 12.1 Å². The summed E-state index contributed by atoms with van der Waals surface area (Å²) in [6, 6.07) is -0.264. The normalized spacial score (nSPS) is 29.4. The third-order valence-electron chi connectivity index (χ3n) is 3.96. The van der Waals surface area contributed by atoms with E-state index in [2.05, 4.69) is 4.90 Å². The summed E-state index contributed by atoms with van der Waals surface area (Å²) in [6.07, 6.45) is 1.88. The van der Waals surface area contributed by atoms with Gasteiger partial charge >= 0.3 is 0 Å². The quantitative estimate of drug-likeness (QED) is 0.667. The number of thioether (sulfide) groups is 1. The van der Waals surface area contributed by atoms with E-state index in [4.69, 9.17) is 4.74 Å². The van der Waals surface area contributed by atoms with Crippen LogP contribution in [0.25, 0.3) is 0 Å². The zero-order chi connectivity index (χ0) is 14.8. The Labute approximate surface area is 124 Å². The number of methoxy groups -OCH3 is 1. The van der Waals surface area contributed by atoms with Crippen molar-refractivity contribution in [1.29, 1.82) is 0 Å². The van der Waals surface area contributed by atoms with Crippen molar-refractivity contribution < 1.29 is 17.9 Å². The molecule has 1 amide bonds. The second-order valence-corrected chi connectivity index (χ2v) is 8.28. The lowest BCUT2D eigenvalue weighted by Crippen LogP contribution is -2.61. The zero-order valence-corrected chi connectivity index (χ0v) is 13.6. The van der Waals surface area contributed by atoms with Crippen molar-refractivity contribution >= 4 is 27.5 Å². The predicted octanol–water partition coefficient (Wildman–Crippen LogP) is -0.694. The minimum Gasteiger partial charge on any atom is -0.383 e. The lowest BCUT2D eigenvalue weighted by molar-refractivity contribution is -0.134. The number of nitrogens with zero attached hydrogens (tertiary/aromatic N) is 2. The van der Waals surface area contributed by atoms with Crippen molar-refractivity contribution in [2.75, 3.05) is 56.9 Å². The van der Waals surface area contributed by atoms with Crippen LogP contribution in [-0.2, 0) is 19.4 Å². The standard InChI is InChI=1S/C12H22N2O4S2/c1-18-6-5-13-3-4-14(12(15)7-19-2)11-9-20(16,17)8-10(11)13/h10-11H,3-9H2,1-2H3/t10-,11+/m1/s1. The first-order valence-corrected chi connectivity index (χ1v) is 9.92. The molecule has 2 aliphatic rings. The van der Waals surface area contributed by atoms with Crippen LogP contribution in [0.3, 0.4) is 0 Å². The van der Waals surface area contributed by atoms with Gasteiger partial charge in [0.15, 0.2) is 9.84 Å². The highest BCUT2D eigenvalue weighted by Gasteiger charge is 2.47. The molecule has 0 bridgehead atoms. The maximum atomic E-state index is 12.1. The summed E-state index contributed by atoms with van der Waals surface area (Å²) in [7, 11) is -1.41. The van der Waals surface area contributed by atoms with E-state index in [1.54, 1.807) is 12.0 Å². The maximum absolute atomic E-state index is 12.1. The predicted molar refractivity (Wildman–Crippen MR) is 79.8 cm³/mol. The largest absolute Gasteiger partial charge is 0.383 e. The van der Waals surface area contributed by atoms with E-state index in [-0.39, 0.29) is 29.5 Å². The second kappa shape index (κ2) is 6.64. The topological polar surface area (TPSA) is 66.9 Å². The number of piperazine rings is 1. The Morgan fingerprint density at radius 2 is 2.00 bits per heavy atom. The molecule has 0 N–H and O–H groups in total. The van der Waals surface area contributed by atoms with Gasteiger partial charge in [0.25, 0.3) is 0 Å². The van der Waals surface area contributed by atoms with Gasteiger partial charge in [-0.1, -0.05) is 0 Å². The molecule has 0 radical (unpaired) electrons. The van der Waals surface area contributed by atoms with Gasteiger partial charge in [0.1, 0.15) is 0 Å². The lowest BCUT2D eigenvalue weighted by Gasteiger charge is -2.43. The number of carbonyl (C=O) groups is 1. The number of rotatable bonds is 5. The van der Waals surface area contributed by atoms with Crippen LogP contribution < -0.4 is 0 Å². The summed E-state index contributed by atoms with van der Waals surface area (Å²) in [5, 5.41) is 0. The average Bonchev–Trinajstić information content (AvgIpc) is 2.71. The lowest BCUT2D eigenvalue weighted by atomic mass is 10.0. The minimum atomic E-state index is -3.05. The van der Waals surface area contributed by atoms with Crippen LogP contribution in [0, 0.1) is 0 Å². The molecule has 2 fully saturated rings. The summed E-state index contributed by atoms with van der Waals surface area (Å²) in [6.45, 7) is 2.64. The molecule has 0 aromatic rings. The minimum absolute atomic E-state index is 0.0518. The molecule has 20 heavy (non-hydrogen) atoms. The number of sulfone groups is 1. The van der Waals surface area contributed by atoms with Gasteiger partial charge in [-0.2, -0.15) is 11.8 Å². The second-order valence-electron chi connectivity index (χ2n) is 5.26. The van der Waals surface area contributed by atoms with Crippen molar-refractivity contribution in [3.63, 3.8) is 0 Å². The van der Waals surface area contributed by atoms with E-state index in [9.17, 15) is 13.2 Å². The van der Waals surface area contributed by atoms with E-state index in [1.165, 1.54) is 11.8 Å². The fourth-order valence-corrected chi connectivity index (χ4v) is 5.45. The van der Waals surface area contributed by atoms with Gasteiger partial charge in [-0.25, -0.2) is 8.42 Å². The van der Waals surface area contributed by atoms with Gasteiger partial charge in [0.2, 0.25) is 5.91 Å². The third kappa shape index (κ3) is 3.47. The Balaban J connectivity index is 2.13. The van der Waals surface area contributed by atoms with E-state index < -0.39 is 9.84 Å². The SMILES string of the molecule is COCCN1CCN(C(=O)CSC)[C@H]2CS(=O)(=O)C[C@H]21. The molecular weight excluding hydrogens is 300 g/mol. The molecule has 2 heterocycles. The highest BCUT2D eigenvalue weighted by atomic mass is 32.2. The molecule has 8 heteroatoms. The number of carbonyl (C=O) groups excluding carboxylic acids is 1. The molecule has 2 aliphatic heterocycles.